The molecule has 2 N–H and O–H groups in total. The molecule has 0 bridgehead atoms. The number of aromatic nitrogens is 3. The highest BCUT2D eigenvalue weighted by Crippen LogP contribution is 2.33. The summed E-state index contributed by atoms with van der Waals surface area (Å²) in [5.74, 6) is -1.02. The summed E-state index contributed by atoms with van der Waals surface area (Å²) in [5, 5.41) is 5.50. The summed E-state index contributed by atoms with van der Waals surface area (Å²) in [5.41, 5.74) is 1.70. The predicted molar refractivity (Wildman–Crippen MR) is 135 cm³/mol. The maximum absolute atomic E-state index is 13.0. The third-order valence-corrected chi connectivity index (χ3v) is 9.42. The number of halogens is 1. The second-order valence-electron chi connectivity index (χ2n) is 8.49. The van der Waals surface area contributed by atoms with Crippen molar-refractivity contribution >= 4 is 44.8 Å². The molecule has 0 spiro atoms. The van der Waals surface area contributed by atoms with Crippen molar-refractivity contribution in [1.29, 1.82) is 0 Å². The van der Waals surface area contributed by atoms with Crippen molar-refractivity contribution in [2.75, 3.05) is 20.2 Å². The lowest BCUT2D eigenvalue weighted by Gasteiger charge is -2.30. The topological polar surface area (TPSA) is 134 Å². The van der Waals surface area contributed by atoms with E-state index < -0.39 is 27.9 Å². The summed E-state index contributed by atoms with van der Waals surface area (Å²) in [6.45, 7) is 2.50. The van der Waals surface area contributed by atoms with Gasteiger partial charge in [0.25, 0.3) is 5.91 Å². The van der Waals surface area contributed by atoms with Crippen LogP contribution in [0.3, 0.4) is 0 Å². The number of carbonyl (C=O) groups excluding carboxylic acids is 2. The van der Waals surface area contributed by atoms with Crippen LogP contribution in [0, 0.1) is 6.92 Å². The number of hydrogen-bond donors (Lipinski definition) is 2. The number of nitrogens with zero attached hydrogens (tertiary/aromatic N) is 3. The number of thiazole rings is 1. The number of imidazole rings is 1. The van der Waals surface area contributed by atoms with Gasteiger partial charge in [-0.2, -0.15) is 4.31 Å². The van der Waals surface area contributed by atoms with Crippen LogP contribution in [-0.4, -0.2) is 65.8 Å². The van der Waals surface area contributed by atoms with Crippen LogP contribution in [0.25, 0.3) is 0 Å². The van der Waals surface area contributed by atoms with E-state index in [9.17, 15) is 18.0 Å². The molecular weight excluding hydrogens is 526 g/mol. The first-order valence-electron chi connectivity index (χ1n) is 11.3. The van der Waals surface area contributed by atoms with Gasteiger partial charge in [0.05, 0.1) is 23.3 Å². The lowest BCUT2D eigenvalue weighted by Crippen LogP contribution is -2.43. The SMILES string of the molecule is COC(=O)C(Cc1cnc[nH]1)NC(=O)c1csc(C2CCN(S(=O)(=O)c3ccc(C)c(Cl)c3)CC2)n1. The van der Waals surface area contributed by atoms with Gasteiger partial charge in [-0.05, 0) is 37.5 Å². The van der Waals surface area contributed by atoms with Crippen LogP contribution in [0.4, 0.5) is 0 Å². The third-order valence-electron chi connectivity index (χ3n) is 6.11. The molecule has 1 amide bonds. The van der Waals surface area contributed by atoms with Gasteiger partial charge in [-0.25, -0.2) is 23.2 Å². The summed E-state index contributed by atoms with van der Waals surface area (Å²) in [6.07, 6.45) is 4.43. The molecule has 1 atom stereocenters. The van der Waals surface area contributed by atoms with E-state index in [1.807, 2.05) is 6.92 Å². The van der Waals surface area contributed by atoms with Crippen molar-refractivity contribution in [1.82, 2.24) is 24.6 Å². The number of rotatable bonds is 8. The van der Waals surface area contributed by atoms with Crippen LogP contribution >= 0.6 is 22.9 Å². The molecule has 4 rings (SSSR count). The summed E-state index contributed by atoms with van der Waals surface area (Å²) in [6, 6.07) is 3.86. The highest BCUT2D eigenvalue weighted by Gasteiger charge is 2.32. The van der Waals surface area contributed by atoms with Crippen LogP contribution in [0.15, 0.2) is 41.0 Å². The van der Waals surface area contributed by atoms with Crippen LogP contribution in [0.1, 0.15) is 45.5 Å². The predicted octanol–water partition coefficient (Wildman–Crippen LogP) is 2.91. The third kappa shape index (κ3) is 5.77. The Morgan fingerprint density at radius 1 is 1.33 bits per heavy atom. The van der Waals surface area contributed by atoms with Crippen molar-refractivity contribution in [3.05, 3.63) is 63.1 Å². The largest absolute Gasteiger partial charge is 0.467 e. The standard InChI is InChI=1S/C23H26ClN5O5S2/c1-14-3-4-17(10-18(14)24)36(32,33)29-7-5-15(6-8-29)22-28-20(12-35-22)21(30)27-19(23(31)34-2)9-16-11-25-13-26-16/h3-4,10-13,15,19H,5-9H2,1-2H3,(H,25,26)(H,27,30). The maximum atomic E-state index is 13.0. The van der Waals surface area contributed by atoms with Crippen LogP contribution < -0.4 is 5.32 Å². The van der Waals surface area contributed by atoms with E-state index in [0.717, 1.165) is 10.6 Å². The summed E-state index contributed by atoms with van der Waals surface area (Å²) >= 11 is 7.48. The van der Waals surface area contributed by atoms with Crippen molar-refractivity contribution in [3.63, 3.8) is 0 Å². The molecule has 1 fully saturated rings. The van der Waals surface area contributed by atoms with E-state index in [1.54, 1.807) is 23.7 Å². The molecule has 10 nitrogen and oxygen atoms in total. The Bertz CT molecular complexity index is 1330. The minimum Gasteiger partial charge on any atom is -0.467 e. The molecule has 3 aromatic rings. The molecule has 192 valence electrons. The number of nitrogens with one attached hydrogen (secondary N) is 2. The molecule has 0 saturated carbocycles. The Hall–Kier alpha value is -2.80. The second kappa shape index (κ2) is 11.1. The van der Waals surface area contributed by atoms with Crippen LogP contribution in [0.5, 0.6) is 0 Å². The van der Waals surface area contributed by atoms with Gasteiger partial charge >= 0.3 is 5.97 Å². The van der Waals surface area contributed by atoms with E-state index in [-0.39, 0.29) is 22.9 Å². The van der Waals surface area contributed by atoms with Crippen molar-refractivity contribution < 1.29 is 22.7 Å². The number of ether oxygens (including phenoxy) is 1. The number of aryl methyl sites for hydroxylation is 1. The van der Waals surface area contributed by atoms with E-state index in [0.29, 0.717) is 36.6 Å². The Balaban J connectivity index is 1.38. The number of hydrogen-bond acceptors (Lipinski definition) is 8. The van der Waals surface area contributed by atoms with Gasteiger partial charge < -0.3 is 15.0 Å². The zero-order chi connectivity index (χ0) is 25.9. The Morgan fingerprint density at radius 3 is 2.72 bits per heavy atom. The Morgan fingerprint density at radius 2 is 2.08 bits per heavy atom. The second-order valence-corrected chi connectivity index (χ2v) is 11.7. The fourth-order valence-corrected chi connectivity index (χ4v) is 6.70. The Labute approximate surface area is 218 Å². The van der Waals surface area contributed by atoms with Crippen molar-refractivity contribution in [2.24, 2.45) is 0 Å². The minimum absolute atomic E-state index is 0.0333. The number of aromatic amines is 1. The van der Waals surface area contributed by atoms with Gasteiger partial charge in [-0.1, -0.05) is 17.7 Å². The monoisotopic (exact) mass is 551 g/mol. The highest BCUT2D eigenvalue weighted by atomic mass is 35.5. The molecule has 1 unspecified atom stereocenters. The first-order valence-corrected chi connectivity index (χ1v) is 14.0. The molecule has 1 aromatic carbocycles. The maximum Gasteiger partial charge on any atom is 0.328 e. The van der Waals surface area contributed by atoms with Gasteiger partial charge in [0.1, 0.15) is 11.7 Å². The van der Waals surface area contributed by atoms with Crippen LogP contribution in [-0.2, 0) is 26.0 Å². The number of piperidine rings is 1. The smallest absolute Gasteiger partial charge is 0.328 e. The number of carbonyl (C=O) groups is 2. The van der Waals surface area contributed by atoms with E-state index >= 15 is 0 Å². The molecule has 0 aliphatic carbocycles. The first-order chi connectivity index (χ1) is 17.2. The fourth-order valence-electron chi connectivity index (χ4n) is 3.99. The number of esters is 1. The zero-order valence-corrected chi connectivity index (χ0v) is 22.1. The van der Waals surface area contributed by atoms with Gasteiger partial charge in [0.15, 0.2) is 0 Å². The quantitative estimate of drug-likeness (QED) is 0.411. The van der Waals surface area contributed by atoms with E-state index in [4.69, 9.17) is 16.3 Å². The molecule has 1 saturated heterocycles. The summed E-state index contributed by atoms with van der Waals surface area (Å²) in [4.78, 5) is 36.4. The molecule has 3 heterocycles. The summed E-state index contributed by atoms with van der Waals surface area (Å²) in [7, 11) is -2.38. The lowest BCUT2D eigenvalue weighted by atomic mass is 9.99. The summed E-state index contributed by atoms with van der Waals surface area (Å²) < 4.78 is 32.4. The van der Waals surface area contributed by atoms with Gasteiger partial charge in [-0.3, -0.25) is 4.79 Å². The molecular formula is C23H26ClN5O5S2. The first kappa shape index (κ1) is 26.3. The number of benzene rings is 1. The number of methoxy groups -OCH3 is 1. The molecule has 13 heteroatoms. The number of amides is 1. The van der Waals surface area contributed by atoms with Gasteiger partial charge in [0, 0.05) is 47.7 Å². The molecule has 36 heavy (non-hydrogen) atoms. The molecule has 1 aliphatic rings. The number of H-pyrrole nitrogens is 1. The molecule has 1 aliphatic heterocycles. The zero-order valence-electron chi connectivity index (χ0n) is 19.7. The fraction of sp³-hybridized carbons (Fsp3) is 0.391. The Kier molecular flexibility index (Phi) is 8.08. The van der Waals surface area contributed by atoms with Crippen molar-refractivity contribution in [2.45, 2.75) is 43.0 Å². The van der Waals surface area contributed by atoms with Crippen LogP contribution in [0.2, 0.25) is 5.02 Å². The lowest BCUT2D eigenvalue weighted by molar-refractivity contribution is -0.142. The highest BCUT2D eigenvalue weighted by molar-refractivity contribution is 7.89. The van der Waals surface area contributed by atoms with Gasteiger partial charge in [0.2, 0.25) is 10.0 Å². The average Bonchev–Trinajstić information content (AvgIpc) is 3.57. The van der Waals surface area contributed by atoms with E-state index in [2.05, 4.69) is 20.3 Å². The molecule has 2 aromatic heterocycles. The number of sulfonamides is 1. The normalized spacial score (nSPS) is 16.0. The minimum atomic E-state index is -3.64. The van der Waals surface area contributed by atoms with E-state index in [1.165, 1.54) is 35.1 Å². The average molecular weight is 552 g/mol. The van der Waals surface area contributed by atoms with Gasteiger partial charge in [-0.15, -0.1) is 11.3 Å². The molecule has 0 radical (unpaired) electrons. The van der Waals surface area contributed by atoms with Crippen molar-refractivity contribution in [3.8, 4) is 0 Å².